The van der Waals surface area contributed by atoms with E-state index in [1.807, 2.05) is 34.6 Å². The molecule has 1 aliphatic rings. The van der Waals surface area contributed by atoms with Gasteiger partial charge in [0.05, 0.1) is 12.5 Å². The minimum absolute atomic E-state index is 0.0280. The Bertz CT molecular complexity index is 359. The minimum Gasteiger partial charge on any atom is -0.463 e. The van der Waals surface area contributed by atoms with Crippen molar-refractivity contribution in [2.24, 2.45) is 22.7 Å². The van der Waals surface area contributed by atoms with Crippen LogP contribution < -0.4 is 0 Å². The van der Waals surface area contributed by atoms with Crippen LogP contribution in [0.25, 0.3) is 0 Å². The fourth-order valence-electron chi connectivity index (χ4n) is 3.24. The van der Waals surface area contributed by atoms with Crippen molar-refractivity contribution in [3.63, 3.8) is 0 Å². The van der Waals surface area contributed by atoms with Crippen molar-refractivity contribution in [3.8, 4) is 0 Å². The Morgan fingerprint density at radius 1 is 1.32 bits per heavy atom. The molecule has 110 valence electrons. The topological polar surface area (TPSA) is 63.6 Å². The summed E-state index contributed by atoms with van der Waals surface area (Å²) in [4.78, 5) is 24.5. The van der Waals surface area contributed by atoms with Crippen LogP contribution in [0.5, 0.6) is 0 Å². The zero-order valence-electron chi connectivity index (χ0n) is 12.7. The first kappa shape index (κ1) is 16.2. The van der Waals surface area contributed by atoms with Gasteiger partial charge in [0.15, 0.2) is 0 Å². The molecule has 1 saturated carbocycles. The van der Waals surface area contributed by atoms with Gasteiger partial charge in [-0.25, -0.2) is 0 Å². The fraction of sp³-hybridized carbons (Fsp3) is 0.867. The van der Waals surface area contributed by atoms with Crippen molar-refractivity contribution >= 4 is 11.8 Å². The summed E-state index contributed by atoms with van der Waals surface area (Å²) in [6, 6.07) is 0. The van der Waals surface area contributed by atoms with E-state index in [1.54, 1.807) is 0 Å². The molecule has 1 fully saturated rings. The van der Waals surface area contributed by atoms with E-state index in [2.05, 4.69) is 0 Å². The molecular formula is C15H26O4. The van der Waals surface area contributed by atoms with Crippen LogP contribution in [0, 0.1) is 22.7 Å². The van der Waals surface area contributed by atoms with Crippen molar-refractivity contribution in [3.05, 3.63) is 0 Å². The van der Waals surface area contributed by atoms with E-state index in [1.165, 1.54) is 0 Å². The predicted molar refractivity (Wildman–Crippen MR) is 72.5 cm³/mol. The van der Waals surface area contributed by atoms with Crippen LogP contribution in [-0.2, 0) is 14.3 Å². The fourth-order valence-corrected chi connectivity index (χ4v) is 3.24. The third-order valence-electron chi connectivity index (χ3n) is 4.91. The zero-order valence-corrected chi connectivity index (χ0v) is 12.7. The lowest BCUT2D eigenvalue weighted by atomic mass is 9.62. The molecule has 0 unspecified atom stereocenters. The number of esters is 1. The summed E-state index contributed by atoms with van der Waals surface area (Å²) in [5.41, 5.74) is -0.898. The Hall–Kier alpha value is -0.900. The molecule has 0 saturated heterocycles. The smallest absolute Gasteiger partial charge is 0.309 e. The molecule has 0 spiro atoms. The van der Waals surface area contributed by atoms with Crippen LogP contribution >= 0.6 is 0 Å². The molecule has 0 amide bonds. The van der Waals surface area contributed by atoms with Crippen LogP contribution in [0.3, 0.4) is 0 Å². The Balaban J connectivity index is 2.93. The molecule has 4 heteroatoms. The van der Waals surface area contributed by atoms with Gasteiger partial charge in [-0.05, 0) is 18.3 Å². The normalized spacial score (nSPS) is 29.5. The Morgan fingerprint density at radius 3 is 2.37 bits per heavy atom. The first-order valence-electron chi connectivity index (χ1n) is 7.00. The van der Waals surface area contributed by atoms with E-state index in [-0.39, 0.29) is 36.8 Å². The minimum atomic E-state index is -0.482. The number of carbonyl (C=O) groups is 2. The first-order chi connectivity index (χ1) is 8.68. The van der Waals surface area contributed by atoms with E-state index in [0.717, 1.165) is 6.42 Å². The third kappa shape index (κ3) is 2.69. The monoisotopic (exact) mass is 270 g/mol. The highest BCUT2D eigenvalue weighted by atomic mass is 16.5. The highest BCUT2D eigenvalue weighted by molar-refractivity contribution is 5.89. The predicted octanol–water partition coefficient (Wildman–Crippen LogP) is 2.19. The van der Waals surface area contributed by atoms with E-state index in [9.17, 15) is 9.59 Å². The number of hydrogen-bond donors (Lipinski definition) is 1. The van der Waals surface area contributed by atoms with Crippen molar-refractivity contribution in [2.45, 2.75) is 47.5 Å². The second-order valence-electron chi connectivity index (χ2n) is 6.56. The van der Waals surface area contributed by atoms with Crippen LogP contribution in [-0.4, -0.2) is 30.1 Å². The molecule has 2 atom stereocenters. The first-order valence-corrected chi connectivity index (χ1v) is 7.00. The van der Waals surface area contributed by atoms with Crippen LogP contribution in [0.4, 0.5) is 0 Å². The zero-order chi connectivity index (χ0) is 14.8. The maximum absolute atomic E-state index is 12.5. The second kappa shape index (κ2) is 5.61. The average Bonchev–Trinajstić information content (AvgIpc) is 2.57. The maximum atomic E-state index is 12.5. The standard InChI is InChI=1S/C15H26O4/c1-10(2)12(17)15(5)7-6-11(14(15,3)4)13(18)19-9-8-16/h10-11,16H,6-9H2,1-5H3/t11-,15+/m1/s1. The van der Waals surface area contributed by atoms with Crippen molar-refractivity contribution in [1.82, 2.24) is 0 Å². The number of rotatable bonds is 5. The van der Waals surface area contributed by atoms with Gasteiger partial charge in [-0.15, -0.1) is 0 Å². The summed E-state index contributed by atoms with van der Waals surface area (Å²) in [6.07, 6.45) is 1.39. The molecule has 1 aliphatic carbocycles. The highest BCUT2D eigenvalue weighted by Gasteiger charge is 2.58. The summed E-state index contributed by atoms with van der Waals surface area (Å²) in [5.74, 6) is -0.377. The molecule has 1 N–H and O–H groups in total. The number of Topliss-reactive ketones (excluding diaryl/α,β-unsaturated/α-hetero) is 1. The molecule has 0 aromatic rings. The Labute approximate surface area is 115 Å². The number of aliphatic hydroxyl groups is 1. The number of ketones is 1. The van der Waals surface area contributed by atoms with E-state index in [0.29, 0.717) is 6.42 Å². The molecule has 1 rings (SSSR count). The van der Waals surface area contributed by atoms with E-state index >= 15 is 0 Å². The van der Waals surface area contributed by atoms with Crippen LogP contribution in [0.1, 0.15) is 47.5 Å². The largest absolute Gasteiger partial charge is 0.463 e. The van der Waals surface area contributed by atoms with Crippen molar-refractivity contribution in [2.75, 3.05) is 13.2 Å². The van der Waals surface area contributed by atoms with Gasteiger partial charge in [0.1, 0.15) is 12.4 Å². The lowest BCUT2D eigenvalue weighted by Gasteiger charge is -2.40. The molecule has 0 aromatic heterocycles. The number of carbonyl (C=O) groups excluding carboxylic acids is 2. The molecule has 0 aliphatic heterocycles. The Morgan fingerprint density at radius 2 is 1.89 bits per heavy atom. The lowest BCUT2D eigenvalue weighted by molar-refractivity contribution is -0.155. The van der Waals surface area contributed by atoms with Gasteiger partial charge in [0, 0.05) is 11.3 Å². The summed E-state index contributed by atoms with van der Waals surface area (Å²) >= 11 is 0. The SMILES string of the molecule is CC(C)C(=O)[C@]1(C)CC[C@H](C(=O)OCCO)C1(C)C. The number of aliphatic hydroxyl groups excluding tert-OH is 1. The van der Waals surface area contributed by atoms with Gasteiger partial charge in [0.25, 0.3) is 0 Å². The number of ether oxygens (including phenoxy) is 1. The lowest BCUT2D eigenvalue weighted by Crippen LogP contribution is -2.44. The van der Waals surface area contributed by atoms with Gasteiger partial charge in [-0.1, -0.05) is 34.6 Å². The van der Waals surface area contributed by atoms with E-state index < -0.39 is 10.8 Å². The number of hydrogen-bond acceptors (Lipinski definition) is 4. The van der Waals surface area contributed by atoms with Gasteiger partial charge in [-0.2, -0.15) is 0 Å². The molecule has 0 heterocycles. The van der Waals surface area contributed by atoms with Crippen LogP contribution in [0.15, 0.2) is 0 Å². The molecule has 0 bridgehead atoms. The van der Waals surface area contributed by atoms with Gasteiger partial charge >= 0.3 is 5.97 Å². The van der Waals surface area contributed by atoms with Gasteiger partial charge < -0.3 is 9.84 Å². The van der Waals surface area contributed by atoms with Gasteiger partial charge in [0.2, 0.25) is 0 Å². The summed E-state index contributed by atoms with van der Waals surface area (Å²) in [6.45, 7) is 9.59. The summed E-state index contributed by atoms with van der Waals surface area (Å²) in [5, 5.41) is 8.72. The summed E-state index contributed by atoms with van der Waals surface area (Å²) in [7, 11) is 0. The molecule has 0 radical (unpaired) electrons. The van der Waals surface area contributed by atoms with Crippen molar-refractivity contribution in [1.29, 1.82) is 0 Å². The molecule has 0 aromatic carbocycles. The molecule has 19 heavy (non-hydrogen) atoms. The van der Waals surface area contributed by atoms with E-state index in [4.69, 9.17) is 9.84 Å². The van der Waals surface area contributed by atoms with Gasteiger partial charge in [-0.3, -0.25) is 9.59 Å². The highest BCUT2D eigenvalue weighted by Crippen LogP contribution is 2.57. The summed E-state index contributed by atoms with van der Waals surface area (Å²) < 4.78 is 5.04. The third-order valence-corrected chi connectivity index (χ3v) is 4.91. The second-order valence-corrected chi connectivity index (χ2v) is 6.56. The quantitative estimate of drug-likeness (QED) is 0.778. The maximum Gasteiger partial charge on any atom is 0.309 e. The molecular weight excluding hydrogens is 244 g/mol. The molecule has 4 nitrogen and oxygen atoms in total. The Kier molecular flexibility index (Phi) is 4.77. The average molecular weight is 270 g/mol. The van der Waals surface area contributed by atoms with Crippen LogP contribution in [0.2, 0.25) is 0 Å². The van der Waals surface area contributed by atoms with Crippen molar-refractivity contribution < 1.29 is 19.4 Å².